The number of thiazole rings is 1. The fourth-order valence-electron chi connectivity index (χ4n) is 3.68. The largest absolute Gasteiger partial charge is 0.360 e. The molecule has 1 heterocycles. The Labute approximate surface area is 227 Å². The summed E-state index contributed by atoms with van der Waals surface area (Å²) in [6.07, 6.45) is -1.34. The maximum absolute atomic E-state index is 12.9. The van der Waals surface area contributed by atoms with Gasteiger partial charge in [-0.05, 0) is 37.7 Å². The lowest BCUT2D eigenvalue weighted by Crippen LogP contribution is -2.35. The molecule has 2 aromatic carbocycles. The molecule has 0 saturated heterocycles. The summed E-state index contributed by atoms with van der Waals surface area (Å²) in [5.41, 5.74) is 1.38. The first-order chi connectivity index (χ1) is 18.7. The van der Waals surface area contributed by atoms with E-state index in [4.69, 9.17) is 0 Å². The summed E-state index contributed by atoms with van der Waals surface area (Å²) in [5.74, 6) is -1.16. The third-order valence-electron chi connectivity index (χ3n) is 5.42. The fourth-order valence-corrected chi connectivity index (χ4v) is 4.77. The number of nitrogens with one attached hydrogen (secondary N) is 3. The van der Waals surface area contributed by atoms with E-state index in [2.05, 4.69) is 10.6 Å². The van der Waals surface area contributed by atoms with E-state index in [9.17, 15) is 28.4 Å². The number of nitriles is 1. The highest BCUT2D eigenvalue weighted by Gasteiger charge is 2.16. The number of amides is 2. The lowest BCUT2D eigenvalue weighted by atomic mass is 10.2. The van der Waals surface area contributed by atoms with E-state index in [0.717, 1.165) is 16.9 Å². The van der Waals surface area contributed by atoms with E-state index in [1.807, 2.05) is 47.6 Å². The first-order valence-corrected chi connectivity index (χ1v) is 12.8. The van der Waals surface area contributed by atoms with Crippen LogP contribution < -0.4 is 30.7 Å². The van der Waals surface area contributed by atoms with E-state index < -0.39 is 30.0 Å². The van der Waals surface area contributed by atoms with Gasteiger partial charge in [-0.3, -0.25) is 23.9 Å². The van der Waals surface area contributed by atoms with Gasteiger partial charge in [-0.15, -0.1) is 11.3 Å². The van der Waals surface area contributed by atoms with Gasteiger partial charge in [0.05, 0.1) is 13.1 Å². The summed E-state index contributed by atoms with van der Waals surface area (Å²) in [5, 5.41) is 17.3. The minimum Gasteiger partial charge on any atom is -0.360 e. The van der Waals surface area contributed by atoms with Gasteiger partial charge in [-0.25, -0.2) is 8.78 Å². The molecule has 3 rings (SSSR count). The highest BCUT2D eigenvalue weighted by atomic mass is 32.1. The summed E-state index contributed by atoms with van der Waals surface area (Å²) in [6.45, 7) is 1.76. The van der Waals surface area contributed by atoms with Crippen molar-refractivity contribution >= 4 is 46.3 Å². The number of rotatable bonds is 11. The molecule has 1 aromatic heterocycles. The van der Waals surface area contributed by atoms with Crippen molar-refractivity contribution in [2.45, 2.75) is 26.4 Å². The van der Waals surface area contributed by atoms with E-state index in [0.29, 0.717) is 17.9 Å². The number of anilines is 2. The van der Waals surface area contributed by atoms with Crippen LogP contribution in [0.3, 0.4) is 0 Å². The second-order valence-corrected chi connectivity index (χ2v) is 9.51. The first kappa shape index (κ1) is 29.2. The van der Waals surface area contributed by atoms with Crippen molar-refractivity contribution in [1.82, 2.24) is 14.8 Å². The van der Waals surface area contributed by atoms with Crippen LogP contribution in [0, 0.1) is 11.3 Å². The number of nitrogens with zero attached hydrogens (tertiary/aromatic N) is 3. The monoisotopic (exact) mass is 554 g/mol. The molecular formula is C27H28F2N6O3S. The Morgan fingerprint density at radius 3 is 2.54 bits per heavy atom. The molecule has 3 aromatic rings. The number of benzene rings is 2. The van der Waals surface area contributed by atoms with Crippen molar-refractivity contribution < 1.29 is 18.4 Å². The lowest BCUT2D eigenvalue weighted by molar-refractivity contribution is -0.117. The van der Waals surface area contributed by atoms with Gasteiger partial charge in [0.25, 0.3) is 17.9 Å². The number of carbonyl (C=O) groups is 2. The highest BCUT2D eigenvalue weighted by Crippen LogP contribution is 2.15. The minimum atomic E-state index is -2.77. The average molecular weight is 555 g/mol. The third-order valence-corrected chi connectivity index (χ3v) is 6.55. The van der Waals surface area contributed by atoms with Gasteiger partial charge < -0.3 is 16.0 Å². The van der Waals surface area contributed by atoms with Gasteiger partial charge in [0.1, 0.15) is 15.3 Å². The number of aromatic nitrogens is 1. The Morgan fingerprint density at radius 2 is 1.87 bits per heavy atom. The first-order valence-electron chi connectivity index (χ1n) is 12.0. The highest BCUT2D eigenvalue weighted by molar-refractivity contribution is 7.07. The van der Waals surface area contributed by atoms with Crippen molar-refractivity contribution in [2.75, 3.05) is 30.8 Å². The van der Waals surface area contributed by atoms with E-state index in [1.165, 1.54) is 10.8 Å². The molecule has 0 radical (unpaired) electrons. The van der Waals surface area contributed by atoms with E-state index >= 15 is 0 Å². The van der Waals surface area contributed by atoms with Gasteiger partial charge >= 0.3 is 0 Å². The summed E-state index contributed by atoms with van der Waals surface area (Å²) >= 11 is 0.897. The molecule has 0 aliphatic rings. The molecule has 9 nitrogen and oxygen atoms in total. The second kappa shape index (κ2) is 14.0. The molecule has 0 saturated carbocycles. The molecule has 0 aliphatic heterocycles. The van der Waals surface area contributed by atoms with Crippen LogP contribution in [-0.2, 0) is 22.7 Å². The maximum Gasteiger partial charge on any atom is 0.270 e. The summed E-state index contributed by atoms with van der Waals surface area (Å²) in [4.78, 5) is 39.5. The molecular weight excluding hydrogens is 526 g/mol. The van der Waals surface area contributed by atoms with Crippen LogP contribution in [0.25, 0.3) is 11.8 Å². The van der Waals surface area contributed by atoms with Gasteiger partial charge in [-0.2, -0.15) is 5.26 Å². The zero-order valence-electron chi connectivity index (χ0n) is 21.4. The molecule has 0 bridgehead atoms. The molecule has 2 amide bonds. The molecule has 0 aliphatic carbocycles. The number of hydrogen-bond donors (Lipinski definition) is 3. The van der Waals surface area contributed by atoms with E-state index in [-0.39, 0.29) is 28.2 Å². The molecule has 0 fully saturated rings. The Kier molecular flexibility index (Phi) is 10.5. The lowest BCUT2D eigenvalue weighted by Gasteiger charge is -2.16. The van der Waals surface area contributed by atoms with Crippen LogP contribution in [0.1, 0.15) is 12.5 Å². The van der Waals surface area contributed by atoms with Gasteiger partial charge in [0.2, 0.25) is 5.91 Å². The third kappa shape index (κ3) is 8.33. The smallest absolute Gasteiger partial charge is 0.270 e. The minimum absolute atomic E-state index is 0.0745. The van der Waals surface area contributed by atoms with Gasteiger partial charge in [-0.1, -0.05) is 36.4 Å². The Balaban J connectivity index is 1.75. The molecule has 0 spiro atoms. The summed E-state index contributed by atoms with van der Waals surface area (Å²) < 4.78 is 26.5. The number of likely N-dealkylation sites (N-methyl/N-ethyl adjacent to an activating group) is 1. The van der Waals surface area contributed by atoms with Crippen LogP contribution in [0.2, 0.25) is 0 Å². The van der Waals surface area contributed by atoms with Crippen LogP contribution >= 0.6 is 11.3 Å². The van der Waals surface area contributed by atoms with Gasteiger partial charge in [0, 0.05) is 30.7 Å². The summed E-state index contributed by atoms with van der Waals surface area (Å²) in [6, 6.07) is 18.4. The zero-order valence-corrected chi connectivity index (χ0v) is 22.2. The molecule has 204 valence electrons. The normalized spacial score (nSPS) is 12.3. The predicted octanol–water partition coefficient (Wildman–Crippen LogP) is 1.91. The van der Waals surface area contributed by atoms with Crippen molar-refractivity contribution in [2.24, 2.45) is 0 Å². The Hall–Kier alpha value is -4.34. The molecule has 0 atom stereocenters. The fraction of sp³-hybridized carbons (Fsp3) is 0.259. The van der Waals surface area contributed by atoms with Crippen molar-refractivity contribution in [1.29, 1.82) is 5.26 Å². The number of halogens is 2. The van der Waals surface area contributed by atoms with Crippen LogP contribution in [0.4, 0.5) is 20.2 Å². The SMILES string of the molecule is CCn1c(=O)/c(=C\Nc2cccc(NC(=O)CN(C)Cc3ccccc3)c2)s/c1=C(/C#N)C(=O)NCC(F)F. The Morgan fingerprint density at radius 1 is 1.15 bits per heavy atom. The quantitative estimate of drug-likeness (QED) is 0.333. The zero-order chi connectivity index (χ0) is 28.4. The molecule has 0 unspecified atom stereocenters. The van der Waals surface area contributed by atoms with Crippen LogP contribution in [0.15, 0.2) is 59.4 Å². The number of alkyl halides is 2. The van der Waals surface area contributed by atoms with Gasteiger partial charge in [0.15, 0.2) is 5.57 Å². The van der Waals surface area contributed by atoms with Crippen molar-refractivity contribution in [3.8, 4) is 6.07 Å². The van der Waals surface area contributed by atoms with Crippen LogP contribution in [-0.4, -0.2) is 47.8 Å². The van der Waals surface area contributed by atoms with Crippen molar-refractivity contribution in [3.05, 3.63) is 79.7 Å². The molecule has 3 N–H and O–H groups in total. The number of carbonyl (C=O) groups excluding carboxylic acids is 2. The predicted molar refractivity (Wildman–Crippen MR) is 147 cm³/mol. The summed E-state index contributed by atoms with van der Waals surface area (Å²) in [7, 11) is 1.86. The number of hydrogen-bond acceptors (Lipinski definition) is 7. The average Bonchev–Trinajstić information content (AvgIpc) is 3.21. The van der Waals surface area contributed by atoms with Crippen LogP contribution in [0.5, 0.6) is 0 Å². The molecule has 12 heteroatoms. The Bertz CT molecular complexity index is 1530. The van der Waals surface area contributed by atoms with E-state index in [1.54, 1.807) is 37.3 Å². The topological polar surface area (TPSA) is 119 Å². The maximum atomic E-state index is 12.9. The second-order valence-electron chi connectivity index (χ2n) is 8.48. The van der Waals surface area contributed by atoms with Crippen molar-refractivity contribution in [3.63, 3.8) is 0 Å². The molecule has 39 heavy (non-hydrogen) atoms. The standard InChI is InChI=1S/C27H28F2N6O3S/c1-3-35-26(38)22(39-27(35)21(13-30)25(37)32-15-23(28)29)14-31-19-10-7-11-20(12-19)33-24(36)17-34(2)16-18-8-5-4-6-9-18/h4-12,14,23,31H,3,15-17H2,1-2H3,(H,32,37)(H,33,36)/b22-14+,27-21-.